The average Bonchev–Trinajstić information content (AvgIpc) is 3.24. The Morgan fingerprint density at radius 2 is 1.97 bits per heavy atom. The summed E-state index contributed by atoms with van der Waals surface area (Å²) in [5, 5.41) is 3.56. The topological polar surface area (TPSA) is 55.6 Å². The van der Waals surface area contributed by atoms with Gasteiger partial charge in [0.05, 0.1) is 6.61 Å². The zero-order valence-corrected chi connectivity index (χ0v) is 19.4. The number of imidazole rings is 1. The second-order valence-corrected chi connectivity index (χ2v) is 8.91. The Hall–Kier alpha value is -2.64. The molecule has 0 radical (unpaired) electrons. The van der Waals surface area contributed by atoms with Gasteiger partial charge in [-0.05, 0) is 38.5 Å². The normalized spacial score (nSPS) is 11.1. The second kappa shape index (κ2) is 8.62. The Bertz CT molecular complexity index is 1210. The highest BCUT2D eigenvalue weighted by molar-refractivity contribution is 9.10. The average molecular weight is 484 g/mol. The van der Waals surface area contributed by atoms with E-state index in [4.69, 9.17) is 9.72 Å². The zero-order valence-electron chi connectivity index (χ0n) is 17.0. The maximum atomic E-state index is 12.4. The number of aromatic nitrogens is 2. The molecule has 0 bridgehead atoms. The van der Waals surface area contributed by atoms with Crippen molar-refractivity contribution in [1.82, 2.24) is 9.38 Å². The van der Waals surface area contributed by atoms with Crippen LogP contribution in [-0.4, -0.2) is 22.0 Å². The van der Waals surface area contributed by atoms with Gasteiger partial charge in [-0.15, -0.1) is 0 Å². The molecule has 30 heavy (non-hydrogen) atoms. The molecule has 4 aromatic rings. The number of halogens is 1. The van der Waals surface area contributed by atoms with Gasteiger partial charge in [-0.3, -0.25) is 4.40 Å². The van der Waals surface area contributed by atoms with Gasteiger partial charge in [-0.25, -0.2) is 9.78 Å². The fraction of sp³-hybridized carbons (Fsp3) is 0.217. The molecule has 5 nitrogen and oxygen atoms in total. The van der Waals surface area contributed by atoms with Crippen LogP contribution < -0.4 is 5.32 Å². The fourth-order valence-corrected chi connectivity index (χ4v) is 4.70. The molecule has 2 aromatic heterocycles. The van der Waals surface area contributed by atoms with Gasteiger partial charge in [-0.2, -0.15) is 0 Å². The van der Waals surface area contributed by atoms with E-state index in [9.17, 15) is 4.79 Å². The van der Waals surface area contributed by atoms with Crippen molar-refractivity contribution in [1.29, 1.82) is 0 Å². The third-order valence-electron chi connectivity index (χ3n) is 4.82. The predicted octanol–water partition coefficient (Wildman–Crippen LogP) is 6.23. The first-order chi connectivity index (χ1) is 14.5. The van der Waals surface area contributed by atoms with Gasteiger partial charge in [0.1, 0.15) is 16.4 Å². The number of thiazole rings is 1. The molecule has 0 aliphatic rings. The lowest BCUT2D eigenvalue weighted by molar-refractivity contribution is 0.0531. The molecule has 0 aliphatic heterocycles. The van der Waals surface area contributed by atoms with Gasteiger partial charge in [0.2, 0.25) is 0 Å². The zero-order chi connectivity index (χ0) is 21.3. The van der Waals surface area contributed by atoms with Crippen LogP contribution in [0.25, 0.3) is 16.2 Å². The second-order valence-electron chi connectivity index (χ2n) is 7.01. The number of carbonyl (C=O) groups excluding carboxylic acids is 1. The van der Waals surface area contributed by atoms with Crippen LogP contribution in [0.15, 0.2) is 53.0 Å². The van der Waals surface area contributed by atoms with Crippen molar-refractivity contribution >= 4 is 44.0 Å². The van der Waals surface area contributed by atoms with Crippen molar-refractivity contribution in [3.8, 4) is 11.3 Å². The molecule has 2 aromatic carbocycles. The van der Waals surface area contributed by atoms with Crippen molar-refractivity contribution in [3.05, 3.63) is 74.7 Å². The minimum atomic E-state index is -0.305. The summed E-state index contributed by atoms with van der Waals surface area (Å²) in [5.41, 5.74) is 5.11. The number of hydrogen-bond donors (Lipinski definition) is 1. The van der Waals surface area contributed by atoms with Crippen molar-refractivity contribution in [2.75, 3.05) is 11.9 Å². The highest BCUT2D eigenvalue weighted by Gasteiger charge is 2.23. The monoisotopic (exact) mass is 483 g/mol. The molecule has 2 heterocycles. The molecule has 4 rings (SSSR count). The van der Waals surface area contributed by atoms with Crippen molar-refractivity contribution in [2.45, 2.75) is 27.3 Å². The van der Waals surface area contributed by atoms with Crippen LogP contribution in [0, 0.1) is 13.8 Å². The number of benzene rings is 2. The van der Waals surface area contributed by atoms with Crippen LogP contribution in [0.1, 0.15) is 33.4 Å². The quantitative estimate of drug-likeness (QED) is 0.330. The van der Waals surface area contributed by atoms with Crippen molar-refractivity contribution in [2.24, 2.45) is 0 Å². The van der Waals surface area contributed by atoms with Crippen molar-refractivity contribution in [3.63, 3.8) is 0 Å². The smallest absolute Gasteiger partial charge is 0.350 e. The van der Waals surface area contributed by atoms with Crippen LogP contribution in [0.3, 0.4) is 0 Å². The number of nitrogens with one attached hydrogen (secondary N) is 1. The molecule has 0 unspecified atom stereocenters. The van der Waals surface area contributed by atoms with E-state index in [1.165, 1.54) is 22.5 Å². The first-order valence-corrected chi connectivity index (χ1v) is 11.3. The van der Waals surface area contributed by atoms with Crippen LogP contribution in [-0.2, 0) is 11.3 Å². The molecule has 1 N–H and O–H groups in total. The Morgan fingerprint density at radius 3 is 2.67 bits per heavy atom. The predicted molar refractivity (Wildman–Crippen MR) is 125 cm³/mol. The summed E-state index contributed by atoms with van der Waals surface area (Å²) in [6.07, 6.45) is 0. The molecular formula is C23H22BrN3O2S. The lowest BCUT2D eigenvalue weighted by Crippen LogP contribution is -2.07. The lowest BCUT2D eigenvalue weighted by atomic mass is 10.1. The van der Waals surface area contributed by atoms with Gasteiger partial charge in [0.15, 0.2) is 4.96 Å². The first-order valence-electron chi connectivity index (χ1n) is 9.72. The summed E-state index contributed by atoms with van der Waals surface area (Å²) in [5.74, 6) is 0.568. The molecular weight excluding hydrogens is 462 g/mol. The van der Waals surface area contributed by atoms with Crippen LogP contribution >= 0.6 is 27.3 Å². The Labute approximate surface area is 187 Å². The number of fused-ring (bicyclic) bond motifs is 1. The highest BCUT2D eigenvalue weighted by atomic mass is 79.9. The summed E-state index contributed by atoms with van der Waals surface area (Å²) >= 11 is 4.85. The first kappa shape index (κ1) is 20.6. The molecule has 7 heteroatoms. The number of nitrogens with zero attached hydrogens (tertiary/aromatic N) is 2. The number of anilines is 1. The molecule has 0 atom stereocenters. The number of hydrogen-bond acceptors (Lipinski definition) is 5. The molecule has 0 spiro atoms. The van der Waals surface area contributed by atoms with E-state index in [2.05, 4.69) is 52.4 Å². The molecule has 0 amide bonds. The number of carbonyl (C=O) groups is 1. The Kier molecular flexibility index (Phi) is 5.92. The minimum Gasteiger partial charge on any atom is -0.462 e. The number of ether oxygens (including phenoxy) is 1. The van der Waals surface area contributed by atoms with E-state index < -0.39 is 0 Å². The maximum absolute atomic E-state index is 12.4. The van der Waals surface area contributed by atoms with Crippen molar-refractivity contribution < 1.29 is 9.53 Å². The van der Waals surface area contributed by atoms with Crippen LogP contribution in [0.4, 0.5) is 5.82 Å². The Morgan fingerprint density at radius 1 is 1.20 bits per heavy atom. The van der Waals surface area contributed by atoms with Crippen LogP contribution in [0.2, 0.25) is 0 Å². The maximum Gasteiger partial charge on any atom is 0.350 e. The summed E-state index contributed by atoms with van der Waals surface area (Å²) in [6, 6.07) is 16.5. The largest absolute Gasteiger partial charge is 0.462 e. The van der Waals surface area contributed by atoms with Gasteiger partial charge in [0, 0.05) is 22.3 Å². The summed E-state index contributed by atoms with van der Waals surface area (Å²) in [7, 11) is 0. The van der Waals surface area contributed by atoms with E-state index in [1.54, 1.807) is 0 Å². The molecule has 0 saturated carbocycles. The summed E-state index contributed by atoms with van der Waals surface area (Å²) < 4.78 is 8.26. The molecule has 0 saturated heterocycles. The number of esters is 1. The minimum absolute atomic E-state index is 0.305. The van der Waals surface area contributed by atoms with Gasteiger partial charge in [-0.1, -0.05) is 69.2 Å². The molecule has 154 valence electrons. The van der Waals surface area contributed by atoms with Gasteiger partial charge in [0.25, 0.3) is 0 Å². The van der Waals surface area contributed by atoms with Gasteiger partial charge < -0.3 is 10.1 Å². The third-order valence-corrected chi connectivity index (χ3v) is 6.48. The van der Waals surface area contributed by atoms with E-state index in [1.807, 2.05) is 42.5 Å². The van der Waals surface area contributed by atoms with E-state index >= 15 is 0 Å². The number of aryl methyl sites for hydroxylation is 2. The summed E-state index contributed by atoms with van der Waals surface area (Å²) in [6.45, 7) is 6.83. The van der Waals surface area contributed by atoms with E-state index in [0.717, 1.165) is 32.2 Å². The lowest BCUT2D eigenvalue weighted by Gasteiger charge is -2.10. The summed E-state index contributed by atoms with van der Waals surface area (Å²) in [4.78, 5) is 18.6. The highest BCUT2D eigenvalue weighted by Crippen LogP contribution is 2.35. The molecule has 0 fully saturated rings. The number of rotatable bonds is 6. The fourth-order valence-electron chi connectivity index (χ4n) is 3.41. The van der Waals surface area contributed by atoms with E-state index in [-0.39, 0.29) is 5.97 Å². The third kappa shape index (κ3) is 4.00. The van der Waals surface area contributed by atoms with Crippen LogP contribution in [0.5, 0.6) is 0 Å². The Balaban J connectivity index is 1.80. The standard InChI is InChI=1S/C23H22BrN3O2S/c1-4-29-22(28)20-15(3)27-21(25-13-16-7-5-6-14(2)12-16)19(26-23(27)30-20)17-8-10-18(24)11-9-17/h5-12,25H,4,13H2,1-3H3. The van der Waals surface area contributed by atoms with E-state index in [0.29, 0.717) is 18.0 Å². The van der Waals surface area contributed by atoms with Gasteiger partial charge >= 0.3 is 5.97 Å². The SMILES string of the molecule is CCOC(=O)c1sc2nc(-c3ccc(Br)cc3)c(NCc3cccc(C)c3)n2c1C. The molecule has 0 aliphatic carbocycles.